The average molecular weight is 507 g/mol. The lowest BCUT2D eigenvalue weighted by Gasteiger charge is -2.36. The molecule has 1 heterocycles. The van der Waals surface area contributed by atoms with E-state index in [9.17, 15) is 0 Å². The van der Waals surface area contributed by atoms with E-state index in [1.54, 1.807) is 14.2 Å². The summed E-state index contributed by atoms with van der Waals surface area (Å²) in [5, 5.41) is 1.55. The van der Waals surface area contributed by atoms with E-state index >= 15 is 0 Å². The summed E-state index contributed by atoms with van der Waals surface area (Å²) in [7, 11) is 3.73. The number of fused-ring (bicyclic) bond motifs is 3. The molecule has 0 N–H and O–H groups in total. The van der Waals surface area contributed by atoms with Crippen LogP contribution in [0.4, 0.5) is 0 Å². The molecule has 0 saturated heterocycles. The molecule has 0 radical (unpaired) electrons. The van der Waals surface area contributed by atoms with Gasteiger partial charge in [-0.05, 0) is 79.2 Å². The zero-order valence-electron chi connectivity index (χ0n) is 23.3. The maximum Gasteiger partial charge on any atom is 0.192 e. The molecule has 6 heteroatoms. The maximum atomic E-state index is 6.58. The van der Waals surface area contributed by atoms with Gasteiger partial charge in [-0.15, -0.1) is 0 Å². The van der Waals surface area contributed by atoms with Gasteiger partial charge in [-0.1, -0.05) is 26.8 Å². The standard InChI is InChI=1S/C30H42N2O3Si/c1-30(2,3)36(7,8)35-20-22-17-26-24-11-9-10-12-27(25(24)15-16-28(26)32(22)4)31-19-21-13-14-23(33-5)18-29(21)34-6/h13-18H,9-12,19-20H2,1-8H3/b31-27+. The Bertz CT molecular complexity index is 1270. The fourth-order valence-electron chi connectivity index (χ4n) is 4.73. The Balaban J connectivity index is 1.67. The van der Waals surface area contributed by atoms with Crippen LogP contribution < -0.4 is 9.47 Å². The van der Waals surface area contributed by atoms with E-state index in [1.807, 2.05) is 12.1 Å². The summed E-state index contributed by atoms with van der Waals surface area (Å²) in [6.45, 7) is 12.8. The Morgan fingerprint density at radius 2 is 1.72 bits per heavy atom. The first-order chi connectivity index (χ1) is 17.1. The summed E-state index contributed by atoms with van der Waals surface area (Å²) in [6, 6.07) is 12.9. The van der Waals surface area contributed by atoms with E-state index < -0.39 is 8.32 Å². The summed E-state index contributed by atoms with van der Waals surface area (Å²) in [5.74, 6) is 1.61. The van der Waals surface area contributed by atoms with E-state index in [-0.39, 0.29) is 5.04 Å². The van der Waals surface area contributed by atoms with Crippen molar-refractivity contribution in [3.05, 3.63) is 58.8 Å². The minimum Gasteiger partial charge on any atom is -0.497 e. The number of ether oxygens (including phenoxy) is 2. The largest absolute Gasteiger partial charge is 0.497 e. The molecule has 2 aromatic carbocycles. The van der Waals surface area contributed by atoms with Crippen LogP contribution in [-0.4, -0.2) is 32.8 Å². The van der Waals surface area contributed by atoms with E-state index in [0.717, 1.165) is 36.3 Å². The Morgan fingerprint density at radius 1 is 0.972 bits per heavy atom. The lowest BCUT2D eigenvalue weighted by Crippen LogP contribution is -2.40. The molecule has 0 spiro atoms. The van der Waals surface area contributed by atoms with Gasteiger partial charge in [0.2, 0.25) is 0 Å². The van der Waals surface area contributed by atoms with Gasteiger partial charge in [0.15, 0.2) is 8.32 Å². The van der Waals surface area contributed by atoms with Crippen molar-refractivity contribution >= 4 is 24.9 Å². The fourth-order valence-corrected chi connectivity index (χ4v) is 5.67. The molecule has 1 aliphatic rings. The quantitative estimate of drug-likeness (QED) is 0.247. The molecule has 0 amide bonds. The number of nitrogens with zero attached hydrogens (tertiary/aromatic N) is 2. The molecule has 1 aliphatic carbocycles. The van der Waals surface area contributed by atoms with Crippen molar-refractivity contribution in [2.24, 2.45) is 12.0 Å². The number of hydrogen-bond acceptors (Lipinski definition) is 4. The second kappa shape index (κ2) is 10.4. The third kappa shape index (κ3) is 5.25. The van der Waals surface area contributed by atoms with Gasteiger partial charge < -0.3 is 18.5 Å². The van der Waals surface area contributed by atoms with E-state index in [2.05, 4.69) is 69.7 Å². The summed E-state index contributed by atoms with van der Waals surface area (Å²) < 4.78 is 19.8. The normalized spacial score (nSPS) is 15.7. The van der Waals surface area contributed by atoms with Crippen LogP contribution in [0, 0.1) is 0 Å². The zero-order valence-corrected chi connectivity index (χ0v) is 24.3. The molecule has 4 rings (SSSR count). The topological polar surface area (TPSA) is 45.0 Å². The van der Waals surface area contributed by atoms with Crippen molar-refractivity contribution in [1.29, 1.82) is 0 Å². The minimum absolute atomic E-state index is 0.201. The third-order valence-electron chi connectivity index (χ3n) is 8.16. The van der Waals surface area contributed by atoms with Crippen LogP contribution >= 0.6 is 0 Å². The molecule has 0 atom stereocenters. The van der Waals surface area contributed by atoms with Gasteiger partial charge in [-0.25, -0.2) is 0 Å². The van der Waals surface area contributed by atoms with Gasteiger partial charge >= 0.3 is 0 Å². The number of methoxy groups -OCH3 is 2. The average Bonchev–Trinajstić information content (AvgIpc) is 3.02. The van der Waals surface area contributed by atoms with Crippen LogP contribution in [-0.2, 0) is 31.0 Å². The molecule has 0 fully saturated rings. The molecular weight excluding hydrogens is 464 g/mol. The van der Waals surface area contributed by atoms with Crippen molar-refractivity contribution in [2.75, 3.05) is 14.2 Å². The van der Waals surface area contributed by atoms with Gasteiger partial charge in [-0.3, -0.25) is 4.99 Å². The summed E-state index contributed by atoms with van der Waals surface area (Å²) >= 11 is 0. The Morgan fingerprint density at radius 3 is 2.42 bits per heavy atom. The molecule has 194 valence electrons. The van der Waals surface area contributed by atoms with Crippen molar-refractivity contribution < 1.29 is 13.9 Å². The van der Waals surface area contributed by atoms with Crippen LogP contribution in [0.15, 0.2) is 41.4 Å². The van der Waals surface area contributed by atoms with Gasteiger partial charge in [0.25, 0.3) is 0 Å². The lowest BCUT2D eigenvalue weighted by molar-refractivity contribution is 0.269. The smallest absolute Gasteiger partial charge is 0.192 e. The van der Waals surface area contributed by atoms with Crippen LogP contribution in [0.5, 0.6) is 11.5 Å². The van der Waals surface area contributed by atoms with E-state index in [0.29, 0.717) is 13.2 Å². The number of aromatic nitrogens is 1. The van der Waals surface area contributed by atoms with E-state index in [1.165, 1.54) is 39.9 Å². The monoisotopic (exact) mass is 506 g/mol. The highest BCUT2D eigenvalue weighted by molar-refractivity contribution is 6.74. The first kappa shape index (κ1) is 26.5. The Labute approximate surface area is 217 Å². The molecule has 0 saturated carbocycles. The van der Waals surface area contributed by atoms with Crippen molar-refractivity contribution in [3.8, 4) is 11.5 Å². The second-order valence-electron chi connectivity index (χ2n) is 11.4. The van der Waals surface area contributed by atoms with Crippen LogP contribution in [0.2, 0.25) is 18.1 Å². The number of rotatable bonds is 7. The first-order valence-electron chi connectivity index (χ1n) is 13.0. The Kier molecular flexibility index (Phi) is 7.67. The molecule has 0 unspecified atom stereocenters. The number of hydrogen-bond donors (Lipinski definition) is 0. The van der Waals surface area contributed by atoms with Crippen LogP contribution in [0.1, 0.15) is 62.4 Å². The molecule has 5 nitrogen and oxygen atoms in total. The second-order valence-corrected chi connectivity index (χ2v) is 16.2. The lowest BCUT2D eigenvalue weighted by atomic mass is 9.97. The highest BCUT2D eigenvalue weighted by Gasteiger charge is 2.37. The molecule has 0 bridgehead atoms. The number of benzene rings is 2. The first-order valence-corrected chi connectivity index (χ1v) is 16.0. The predicted octanol–water partition coefficient (Wildman–Crippen LogP) is 7.43. The third-order valence-corrected chi connectivity index (χ3v) is 12.6. The number of aryl methyl sites for hydroxylation is 2. The number of aliphatic imine (C=N–C) groups is 1. The molecule has 3 aromatic rings. The highest BCUT2D eigenvalue weighted by atomic mass is 28.4. The summed E-state index contributed by atoms with van der Waals surface area (Å²) in [6.07, 6.45) is 4.43. The zero-order chi connectivity index (χ0) is 26.1. The van der Waals surface area contributed by atoms with Crippen molar-refractivity contribution in [3.63, 3.8) is 0 Å². The van der Waals surface area contributed by atoms with Crippen molar-refractivity contribution in [2.45, 2.75) is 77.7 Å². The highest BCUT2D eigenvalue weighted by Crippen LogP contribution is 2.38. The molecule has 36 heavy (non-hydrogen) atoms. The van der Waals surface area contributed by atoms with Crippen LogP contribution in [0.25, 0.3) is 10.9 Å². The minimum atomic E-state index is -1.81. The van der Waals surface area contributed by atoms with Gasteiger partial charge in [0, 0.05) is 41.0 Å². The maximum absolute atomic E-state index is 6.58. The Hall–Kier alpha value is -2.57. The van der Waals surface area contributed by atoms with Gasteiger partial charge in [0.05, 0.1) is 27.4 Å². The van der Waals surface area contributed by atoms with Crippen molar-refractivity contribution in [1.82, 2.24) is 4.57 Å². The summed E-state index contributed by atoms with van der Waals surface area (Å²) in [5.41, 5.74) is 7.52. The predicted molar refractivity (Wildman–Crippen MR) is 152 cm³/mol. The van der Waals surface area contributed by atoms with Gasteiger partial charge in [-0.2, -0.15) is 0 Å². The molecular formula is C30H42N2O3Si. The van der Waals surface area contributed by atoms with Crippen LogP contribution in [0.3, 0.4) is 0 Å². The van der Waals surface area contributed by atoms with E-state index in [4.69, 9.17) is 18.9 Å². The fraction of sp³-hybridized carbons (Fsp3) is 0.500. The van der Waals surface area contributed by atoms with Gasteiger partial charge in [0.1, 0.15) is 11.5 Å². The summed E-state index contributed by atoms with van der Waals surface area (Å²) in [4.78, 5) is 5.12. The SMILES string of the molecule is COc1ccc(C/N=C2\CCCCc3c2ccc2c3cc(CO[Si](C)(C)C(C)(C)C)n2C)c(OC)c1. The molecule has 0 aliphatic heterocycles. The molecule has 1 aromatic heterocycles.